The average molecular weight is 343 g/mol. The van der Waals surface area contributed by atoms with Crippen molar-refractivity contribution in [2.45, 2.75) is 81.6 Å². The molecule has 2 unspecified atom stereocenters. The highest BCUT2D eigenvalue weighted by Gasteiger charge is 2.46. The molecule has 1 spiro atoms. The van der Waals surface area contributed by atoms with Gasteiger partial charge in [-0.2, -0.15) is 0 Å². The van der Waals surface area contributed by atoms with E-state index >= 15 is 0 Å². The Bertz CT molecular complexity index is 594. The molecule has 0 aromatic carbocycles. The van der Waals surface area contributed by atoms with Gasteiger partial charge in [-0.05, 0) is 48.9 Å². The van der Waals surface area contributed by atoms with Crippen molar-refractivity contribution in [1.29, 1.82) is 0 Å². The minimum atomic E-state index is -0.120. The van der Waals surface area contributed by atoms with Crippen molar-refractivity contribution in [2.24, 2.45) is 28.1 Å². The van der Waals surface area contributed by atoms with Gasteiger partial charge in [0.2, 0.25) is 0 Å². The topological polar surface area (TPSA) is 17.1 Å². The predicted molar refractivity (Wildman–Crippen MR) is 108 cm³/mol. The first-order chi connectivity index (χ1) is 11.4. The second-order valence-electron chi connectivity index (χ2n) is 10.3. The summed E-state index contributed by atoms with van der Waals surface area (Å²) in [6, 6.07) is 0. The first-order valence-electron chi connectivity index (χ1n) is 10.1. The molecular weight excluding hydrogens is 304 g/mol. The molecular formula is C24H38O. The zero-order chi connectivity index (χ0) is 19.2. The Hall–Kier alpha value is -1.11. The number of rotatable bonds is 2. The molecule has 0 bridgehead atoms. The zero-order valence-electron chi connectivity index (χ0n) is 17.9. The Labute approximate surface area is 155 Å². The molecule has 2 rings (SSSR count). The first kappa shape index (κ1) is 20.2. The monoisotopic (exact) mass is 342 g/mol. The SMILES string of the molecule is CCC1CC2(C=C(C(C)(C)C)C(=O)C(C(C)(C)C)=C2)C(CC)C=C1C. The van der Waals surface area contributed by atoms with Crippen molar-refractivity contribution in [3.63, 3.8) is 0 Å². The van der Waals surface area contributed by atoms with E-state index in [2.05, 4.69) is 80.5 Å². The van der Waals surface area contributed by atoms with E-state index in [4.69, 9.17) is 0 Å². The Morgan fingerprint density at radius 1 is 0.960 bits per heavy atom. The van der Waals surface area contributed by atoms with Crippen molar-refractivity contribution >= 4 is 5.78 Å². The summed E-state index contributed by atoms with van der Waals surface area (Å²) in [5.74, 6) is 1.36. The molecule has 0 aromatic heterocycles. The maximum atomic E-state index is 13.3. The largest absolute Gasteiger partial charge is 0.289 e. The summed E-state index contributed by atoms with van der Waals surface area (Å²) in [7, 11) is 0. The summed E-state index contributed by atoms with van der Waals surface area (Å²) in [5.41, 5.74) is 3.32. The van der Waals surface area contributed by atoms with Gasteiger partial charge in [0.15, 0.2) is 5.78 Å². The van der Waals surface area contributed by atoms with Gasteiger partial charge in [-0.25, -0.2) is 0 Å². The van der Waals surface area contributed by atoms with Crippen molar-refractivity contribution in [1.82, 2.24) is 0 Å². The highest BCUT2D eigenvalue weighted by Crippen LogP contribution is 2.53. The van der Waals surface area contributed by atoms with E-state index in [1.807, 2.05) is 0 Å². The van der Waals surface area contributed by atoms with Gasteiger partial charge >= 0.3 is 0 Å². The molecule has 0 aromatic rings. The zero-order valence-corrected chi connectivity index (χ0v) is 17.9. The summed E-state index contributed by atoms with van der Waals surface area (Å²) < 4.78 is 0. The van der Waals surface area contributed by atoms with Crippen LogP contribution < -0.4 is 0 Å². The van der Waals surface area contributed by atoms with Crippen LogP contribution in [0.15, 0.2) is 34.9 Å². The molecule has 2 aliphatic carbocycles. The second kappa shape index (κ2) is 6.56. The van der Waals surface area contributed by atoms with Gasteiger partial charge in [0.1, 0.15) is 0 Å². The minimum Gasteiger partial charge on any atom is -0.289 e. The molecule has 1 heteroatoms. The molecule has 2 aliphatic rings. The number of carbonyl (C=O) groups is 1. The van der Waals surface area contributed by atoms with Crippen LogP contribution in [0.5, 0.6) is 0 Å². The van der Waals surface area contributed by atoms with Crippen molar-refractivity contribution < 1.29 is 4.79 Å². The Morgan fingerprint density at radius 2 is 1.44 bits per heavy atom. The Kier molecular flexibility index (Phi) is 5.30. The minimum absolute atomic E-state index is 0.00588. The summed E-state index contributed by atoms with van der Waals surface area (Å²) in [6.45, 7) is 19.9. The second-order valence-corrected chi connectivity index (χ2v) is 10.3. The number of allylic oxidation sites excluding steroid dienone is 6. The molecule has 140 valence electrons. The number of hydrogen-bond acceptors (Lipinski definition) is 1. The van der Waals surface area contributed by atoms with Crippen molar-refractivity contribution in [3.8, 4) is 0 Å². The molecule has 2 atom stereocenters. The lowest BCUT2D eigenvalue weighted by Crippen LogP contribution is -2.40. The number of ketones is 1. The van der Waals surface area contributed by atoms with Gasteiger partial charge in [0.05, 0.1) is 0 Å². The number of carbonyl (C=O) groups excluding carboxylic acids is 1. The van der Waals surface area contributed by atoms with Crippen LogP contribution in [0, 0.1) is 28.1 Å². The van der Waals surface area contributed by atoms with Gasteiger partial charge in [0, 0.05) is 16.6 Å². The summed E-state index contributed by atoms with van der Waals surface area (Å²) in [6.07, 6.45) is 10.7. The summed E-state index contributed by atoms with van der Waals surface area (Å²) in [5, 5.41) is 0. The van der Waals surface area contributed by atoms with E-state index < -0.39 is 0 Å². The van der Waals surface area contributed by atoms with Gasteiger partial charge in [-0.15, -0.1) is 0 Å². The van der Waals surface area contributed by atoms with Crippen LogP contribution in [0.1, 0.15) is 81.6 Å². The van der Waals surface area contributed by atoms with Gasteiger partial charge in [-0.3, -0.25) is 4.79 Å². The summed E-state index contributed by atoms with van der Waals surface area (Å²) >= 11 is 0. The maximum Gasteiger partial charge on any atom is 0.185 e. The highest BCUT2D eigenvalue weighted by molar-refractivity contribution is 6.11. The standard InChI is InChI=1S/C24H38O/c1-10-17-13-24(18(11-2)12-16(17)3)14-19(22(4,5)6)21(25)20(15-24)23(7,8)9/h12,14-15,17-18H,10-11,13H2,1-9H3. The van der Waals surface area contributed by atoms with E-state index in [0.717, 1.165) is 24.0 Å². The first-order valence-corrected chi connectivity index (χ1v) is 10.1. The van der Waals surface area contributed by atoms with Crippen LogP contribution in [-0.2, 0) is 4.79 Å². The van der Waals surface area contributed by atoms with Crippen LogP contribution in [0.4, 0.5) is 0 Å². The van der Waals surface area contributed by atoms with E-state index in [-0.39, 0.29) is 22.0 Å². The van der Waals surface area contributed by atoms with E-state index in [1.165, 1.54) is 12.0 Å². The lowest BCUT2D eigenvalue weighted by molar-refractivity contribution is -0.114. The molecule has 0 amide bonds. The third-order valence-corrected chi connectivity index (χ3v) is 6.26. The molecule has 25 heavy (non-hydrogen) atoms. The summed E-state index contributed by atoms with van der Waals surface area (Å²) in [4.78, 5) is 13.3. The molecule has 0 saturated heterocycles. The number of Topliss-reactive ketones (excluding diaryl/α,β-unsaturated/α-hetero) is 1. The van der Waals surface area contributed by atoms with E-state index in [9.17, 15) is 4.79 Å². The molecule has 1 nitrogen and oxygen atoms in total. The van der Waals surface area contributed by atoms with E-state index in [0.29, 0.717) is 11.8 Å². The highest BCUT2D eigenvalue weighted by atomic mass is 16.1. The fraction of sp³-hybridized carbons (Fsp3) is 0.708. The normalized spacial score (nSPS) is 27.1. The van der Waals surface area contributed by atoms with Crippen molar-refractivity contribution in [3.05, 3.63) is 34.9 Å². The van der Waals surface area contributed by atoms with Crippen LogP contribution >= 0.6 is 0 Å². The molecule has 0 aliphatic heterocycles. The fourth-order valence-electron chi connectivity index (χ4n) is 4.61. The van der Waals surface area contributed by atoms with Crippen molar-refractivity contribution in [2.75, 3.05) is 0 Å². The molecule has 0 radical (unpaired) electrons. The van der Waals surface area contributed by atoms with Crippen LogP contribution in [0.2, 0.25) is 0 Å². The van der Waals surface area contributed by atoms with Gasteiger partial charge in [0.25, 0.3) is 0 Å². The van der Waals surface area contributed by atoms with E-state index in [1.54, 1.807) is 0 Å². The van der Waals surface area contributed by atoms with Crippen LogP contribution in [0.25, 0.3) is 0 Å². The lowest BCUT2D eigenvalue weighted by Gasteiger charge is -2.47. The molecule has 0 fully saturated rings. The van der Waals surface area contributed by atoms with Gasteiger partial charge in [-0.1, -0.05) is 79.2 Å². The lowest BCUT2D eigenvalue weighted by atomic mass is 9.57. The average Bonchev–Trinajstić information content (AvgIpc) is 2.49. The third-order valence-electron chi connectivity index (χ3n) is 6.26. The molecule has 0 saturated carbocycles. The Morgan fingerprint density at radius 3 is 1.80 bits per heavy atom. The Balaban J connectivity index is 2.72. The quantitative estimate of drug-likeness (QED) is 0.499. The third kappa shape index (κ3) is 3.71. The fourth-order valence-corrected chi connectivity index (χ4v) is 4.61. The predicted octanol–water partition coefficient (Wildman–Crippen LogP) is 6.90. The molecule has 0 heterocycles. The van der Waals surface area contributed by atoms with Crippen LogP contribution in [-0.4, -0.2) is 5.78 Å². The number of hydrogen-bond donors (Lipinski definition) is 0. The van der Waals surface area contributed by atoms with Crippen LogP contribution in [0.3, 0.4) is 0 Å². The maximum absolute atomic E-state index is 13.3. The smallest absolute Gasteiger partial charge is 0.185 e. The van der Waals surface area contributed by atoms with Gasteiger partial charge < -0.3 is 0 Å². The molecule has 0 N–H and O–H groups in total.